The molecule has 0 aromatic carbocycles. The van der Waals surface area contributed by atoms with Crippen LogP contribution in [0.1, 0.15) is 41.0 Å². The molecule has 0 aliphatic rings. The summed E-state index contributed by atoms with van der Waals surface area (Å²) in [7, 11) is 0. The lowest BCUT2D eigenvalue weighted by Gasteiger charge is -2.10. The summed E-state index contributed by atoms with van der Waals surface area (Å²) in [5, 5.41) is 0. The van der Waals surface area contributed by atoms with Gasteiger partial charge in [-0.2, -0.15) is 0 Å². The summed E-state index contributed by atoms with van der Waals surface area (Å²) >= 11 is 0. The molecule has 2 atom stereocenters. The minimum Gasteiger partial charge on any atom is -0.0914 e. The maximum atomic E-state index is 2.34. The van der Waals surface area contributed by atoms with E-state index in [1.165, 1.54) is 6.42 Å². The predicted molar refractivity (Wildman–Crippen MR) is 61.7 cm³/mol. The Morgan fingerprint density at radius 2 is 1.62 bits per heavy atom. The van der Waals surface area contributed by atoms with Crippen molar-refractivity contribution in [3.05, 3.63) is 24.3 Å². The van der Waals surface area contributed by atoms with Gasteiger partial charge in [0.05, 0.1) is 0 Å². The van der Waals surface area contributed by atoms with Gasteiger partial charge in [-0.25, -0.2) is 0 Å². The quantitative estimate of drug-likeness (QED) is 0.549. The molecule has 76 valence electrons. The van der Waals surface area contributed by atoms with Crippen molar-refractivity contribution in [2.45, 2.75) is 41.0 Å². The standard InChI is InChI=1S/C13H24/c1-6-8-12(4)9-7-10-13(5)11(2)3/h6-8,10-13H,9H2,1-5H3. The largest absolute Gasteiger partial charge is 0.0914 e. The minimum absolute atomic E-state index is 0.681. The third-order valence-corrected chi connectivity index (χ3v) is 2.52. The zero-order chi connectivity index (χ0) is 10.3. The lowest BCUT2D eigenvalue weighted by atomic mass is 9.96. The van der Waals surface area contributed by atoms with E-state index in [9.17, 15) is 0 Å². The first-order chi connectivity index (χ1) is 6.07. The van der Waals surface area contributed by atoms with Crippen LogP contribution in [0.4, 0.5) is 0 Å². The Morgan fingerprint density at radius 3 is 2.08 bits per heavy atom. The Bertz CT molecular complexity index is 163. The molecule has 0 fully saturated rings. The number of hydrogen-bond acceptors (Lipinski definition) is 0. The summed E-state index contributed by atoms with van der Waals surface area (Å²) in [5.74, 6) is 2.15. The van der Waals surface area contributed by atoms with Crippen molar-refractivity contribution in [2.24, 2.45) is 17.8 Å². The highest BCUT2D eigenvalue weighted by Gasteiger charge is 2.01. The molecule has 0 aliphatic carbocycles. The van der Waals surface area contributed by atoms with Crippen molar-refractivity contribution in [3.8, 4) is 0 Å². The van der Waals surface area contributed by atoms with E-state index in [0.717, 1.165) is 5.92 Å². The third kappa shape index (κ3) is 6.62. The molecule has 0 radical (unpaired) electrons. The summed E-state index contributed by atoms with van der Waals surface area (Å²) in [6.45, 7) is 11.2. The summed E-state index contributed by atoms with van der Waals surface area (Å²) in [6.07, 6.45) is 10.2. The zero-order valence-electron chi connectivity index (χ0n) is 9.75. The van der Waals surface area contributed by atoms with E-state index in [1.807, 2.05) is 0 Å². The van der Waals surface area contributed by atoms with Crippen LogP contribution in [-0.2, 0) is 0 Å². The van der Waals surface area contributed by atoms with Crippen LogP contribution in [-0.4, -0.2) is 0 Å². The van der Waals surface area contributed by atoms with Crippen molar-refractivity contribution in [1.82, 2.24) is 0 Å². The molecule has 0 saturated heterocycles. The molecule has 0 aromatic rings. The molecule has 2 unspecified atom stereocenters. The van der Waals surface area contributed by atoms with Gasteiger partial charge in [0.25, 0.3) is 0 Å². The predicted octanol–water partition coefficient (Wildman–Crippen LogP) is 4.44. The van der Waals surface area contributed by atoms with Crippen molar-refractivity contribution in [1.29, 1.82) is 0 Å². The van der Waals surface area contributed by atoms with Gasteiger partial charge in [-0.05, 0) is 31.1 Å². The molecule has 0 heterocycles. The van der Waals surface area contributed by atoms with Gasteiger partial charge in [-0.15, -0.1) is 0 Å². The Labute approximate surface area is 83.7 Å². The highest BCUT2D eigenvalue weighted by atomic mass is 14.1. The molecule has 0 heteroatoms. The van der Waals surface area contributed by atoms with Crippen molar-refractivity contribution in [3.63, 3.8) is 0 Å². The molecule has 0 aromatic heterocycles. The molecular formula is C13H24. The average Bonchev–Trinajstić information content (AvgIpc) is 2.04. The number of allylic oxidation sites excluding steroid dienone is 4. The minimum atomic E-state index is 0.681. The maximum Gasteiger partial charge on any atom is -0.0227 e. The highest BCUT2D eigenvalue weighted by molar-refractivity contribution is 4.93. The van der Waals surface area contributed by atoms with Crippen LogP contribution in [0.25, 0.3) is 0 Å². The summed E-state index contributed by atoms with van der Waals surface area (Å²) in [5.41, 5.74) is 0. The first-order valence-corrected chi connectivity index (χ1v) is 5.37. The van der Waals surface area contributed by atoms with Gasteiger partial charge >= 0.3 is 0 Å². The zero-order valence-corrected chi connectivity index (χ0v) is 9.75. The summed E-state index contributed by atoms with van der Waals surface area (Å²) in [4.78, 5) is 0. The summed E-state index contributed by atoms with van der Waals surface area (Å²) in [6, 6.07) is 0. The van der Waals surface area contributed by atoms with Gasteiger partial charge in [0.1, 0.15) is 0 Å². The van der Waals surface area contributed by atoms with Gasteiger partial charge in [0, 0.05) is 0 Å². The normalized spacial score (nSPS) is 17.4. The van der Waals surface area contributed by atoms with Crippen LogP contribution in [0.3, 0.4) is 0 Å². The van der Waals surface area contributed by atoms with Crippen LogP contribution in [0.5, 0.6) is 0 Å². The van der Waals surface area contributed by atoms with E-state index >= 15 is 0 Å². The Morgan fingerprint density at radius 1 is 1.00 bits per heavy atom. The molecule has 0 nitrogen and oxygen atoms in total. The van der Waals surface area contributed by atoms with E-state index in [2.05, 4.69) is 58.9 Å². The topological polar surface area (TPSA) is 0 Å². The van der Waals surface area contributed by atoms with Crippen LogP contribution in [0, 0.1) is 17.8 Å². The first-order valence-electron chi connectivity index (χ1n) is 5.37. The fourth-order valence-electron chi connectivity index (χ4n) is 1.14. The third-order valence-electron chi connectivity index (χ3n) is 2.52. The second kappa shape index (κ2) is 6.94. The molecule has 13 heavy (non-hydrogen) atoms. The molecule has 0 N–H and O–H groups in total. The SMILES string of the molecule is CC=CC(C)CC=CC(C)C(C)C. The Balaban J connectivity index is 3.74. The van der Waals surface area contributed by atoms with Crippen molar-refractivity contribution in [2.75, 3.05) is 0 Å². The number of rotatable bonds is 5. The molecule has 0 saturated carbocycles. The van der Waals surface area contributed by atoms with Gasteiger partial charge in [0.2, 0.25) is 0 Å². The van der Waals surface area contributed by atoms with E-state index in [-0.39, 0.29) is 0 Å². The van der Waals surface area contributed by atoms with Crippen LogP contribution >= 0.6 is 0 Å². The lowest BCUT2D eigenvalue weighted by molar-refractivity contribution is 0.502. The van der Waals surface area contributed by atoms with Crippen LogP contribution in [0.15, 0.2) is 24.3 Å². The van der Waals surface area contributed by atoms with E-state index in [4.69, 9.17) is 0 Å². The fraction of sp³-hybridized carbons (Fsp3) is 0.692. The molecular weight excluding hydrogens is 156 g/mol. The van der Waals surface area contributed by atoms with Gasteiger partial charge < -0.3 is 0 Å². The highest BCUT2D eigenvalue weighted by Crippen LogP contribution is 2.12. The summed E-state index contributed by atoms with van der Waals surface area (Å²) < 4.78 is 0. The monoisotopic (exact) mass is 180 g/mol. The second-order valence-electron chi connectivity index (χ2n) is 4.27. The van der Waals surface area contributed by atoms with E-state index in [0.29, 0.717) is 11.8 Å². The van der Waals surface area contributed by atoms with E-state index in [1.54, 1.807) is 0 Å². The lowest BCUT2D eigenvalue weighted by Crippen LogP contribution is -1.99. The number of hydrogen-bond donors (Lipinski definition) is 0. The molecule has 0 amide bonds. The van der Waals surface area contributed by atoms with Crippen molar-refractivity contribution < 1.29 is 0 Å². The van der Waals surface area contributed by atoms with Crippen molar-refractivity contribution >= 4 is 0 Å². The van der Waals surface area contributed by atoms with Gasteiger partial charge in [0.15, 0.2) is 0 Å². The van der Waals surface area contributed by atoms with Crippen LogP contribution in [0.2, 0.25) is 0 Å². The first kappa shape index (κ1) is 12.5. The second-order valence-corrected chi connectivity index (χ2v) is 4.27. The molecule has 0 spiro atoms. The smallest absolute Gasteiger partial charge is 0.0227 e. The Hall–Kier alpha value is -0.520. The molecule has 0 rings (SSSR count). The molecule has 0 aliphatic heterocycles. The van der Waals surface area contributed by atoms with Gasteiger partial charge in [-0.1, -0.05) is 52.0 Å². The fourth-order valence-corrected chi connectivity index (χ4v) is 1.14. The van der Waals surface area contributed by atoms with Gasteiger partial charge in [-0.3, -0.25) is 0 Å². The molecule has 0 bridgehead atoms. The average molecular weight is 180 g/mol. The van der Waals surface area contributed by atoms with E-state index < -0.39 is 0 Å². The van der Waals surface area contributed by atoms with Crippen LogP contribution < -0.4 is 0 Å². The maximum absolute atomic E-state index is 2.34. The Kier molecular flexibility index (Phi) is 6.66.